The minimum absolute atomic E-state index is 0.311. The molecule has 1 aliphatic rings. The van der Waals surface area contributed by atoms with E-state index < -0.39 is 0 Å². The van der Waals surface area contributed by atoms with Gasteiger partial charge >= 0.3 is 0 Å². The summed E-state index contributed by atoms with van der Waals surface area (Å²) in [5.41, 5.74) is 2.88. The van der Waals surface area contributed by atoms with Gasteiger partial charge in [-0.15, -0.1) is 0 Å². The molecule has 0 saturated carbocycles. The van der Waals surface area contributed by atoms with E-state index in [9.17, 15) is 5.11 Å². The van der Waals surface area contributed by atoms with Crippen molar-refractivity contribution in [3.63, 3.8) is 0 Å². The molecule has 0 spiro atoms. The molecule has 4 heteroatoms. The number of ether oxygens (including phenoxy) is 2. The first-order chi connectivity index (χ1) is 13.6. The van der Waals surface area contributed by atoms with Crippen molar-refractivity contribution in [1.82, 2.24) is 4.90 Å². The van der Waals surface area contributed by atoms with E-state index in [1.807, 2.05) is 12.1 Å². The summed E-state index contributed by atoms with van der Waals surface area (Å²) in [5.74, 6) is 1.17. The summed E-state index contributed by atoms with van der Waals surface area (Å²) in [6.07, 6.45) is 2.25. The molecule has 0 fully saturated rings. The molecular weight excluding hydrogens is 350 g/mol. The van der Waals surface area contributed by atoms with Gasteiger partial charge in [0.05, 0.1) is 7.11 Å². The van der Waals surface area contributed by atoms with Crippen molar-refractivity contribution in [3.05, 3.63) is 47.5 Å². The van der Waals surface area contributed by atoms with Crippen molar-refractivity contribution < 1.29 is 14.6 Å². The number of hydrogen-bond donors (Lipinski definition) is 1. The van der Waals surface area contributed by atoms with Gasteiger partial charge in [-0.25, -0.2) is 0 Å². The van der Waals surface area contributed by atoms with Crippen molar-refractivity contribution in [2.24, 2.45) is 0 Å². The van der Waals surface area contributed by atoms with Gasteiger partial charge in [-0.05, 0) is 76.3 Å². The molecule has 3 aromatic carbocycles. The fraction of sp³-hybridized carbons (Fsp3) is 0.417. The summed E-state index contributed by atoms with van der Waals surface area (Å²) in [7, 11) is 4.95. The largest absolute Gasteiger partial charge is 0.508 e. The van der Waals surface area contributed by atoms with E-state index in [1.54, 1.807) is 27.4 Å². The van der Waals surface area contributed by atoms with Crippen molar-refractivity contribution in [2.75, 3.05) is 27.9 Å². The summed E-state index contributed by atoms with van der Waals surface area (Å²) in [5, 5.41) is 14.9. The molecule has 0 radical (unpaired) electrons. The van der Waals surface area contributed by atoms with Crippen LogP contribution in [-0.2, 0) is 17.7 Å². The zero-order valence-corrected chi connectivity index (χ0v) is 17.6. The Balaban J connectivity index is 0.000000706. The second-order valence-electron chi connectivity index (χ2n) is 7.34. The van der Waals surface area contributed by atoms with Gasteiger partial charge in [0.25, 0.3) is 0 Å². The Bertz CT molecular complexity index is 967. The first kappa shape index (κ1) is 20.4. The highest BCUT2D eigenvalue weighted by molar-refractivity contribution is 6.11. The summed E-state index contributed by atoms with van der Waals surface area (Å²) in [6, 6.07) is 12.7. The number of benzene rings is 3. The van der Waals surface area contributed by atoms with E-state index in [-0.39, 0.29) is 0 Å². The highest BCUT2D eigenvalue weighted by Gasteiger charge is 2.27. The molecule has 0 aliphatic carbocycles. The molecule has 1 aliphatic heterocycles. The molecule has 1 unspecified atom stereocenters. The van der Waals surface area contributed by atoms with Crippen LogP contribution in [0.25, 0.3) is 21.5 Å². The van der Waals surface area contributed by atoms with Gasteiger partial charge in [-0.2, -0.15) is 0 Å². The number of hydrogen-bond acceptors (Lipinski definition) is 4. The molecular formula is C24H31NO3. The Labute approximate surface area is 167 Å². The molecule has 3 aromatic rings. The molecule has 0 amide bonds. The van der Waals surface area contributed by atoms with E-state index in [2.05, 4.69) is 41.7 Å². The molecule has 0 aromatic heterocycles. The van der Waals surface area contributed by atoms with E-state index in [1.165, 1.54) is 33.7 Å². The highest BCUT2D eigenvalue weighted by atomic mass is 16.5. The number of fused-ring (bicyclic) bond motifs is 6. The number of aromatic hydroxyl groups is 1. The molecule has 4 rings (SSSR count). The Hall–Kier alpha value is -2.30. The molecule has 1 heterocycles. The SMILES string of the molecule is CCC1Cc2c(c3ccc(O)cc3c3cc(OC)ccc23)CN1CC.COC. The Kier molecular flexibility index (Phi) is 6.42. The fourth-order valence-electron chi connectivity index (χ4n) is 4.36. The fourth-order valence-corrected chi connectivity index (χ4v) is 4.36. The molecule has 0 saturated heterocycles. The van der Waals surface area contributed by atoms with Crippen LogP contribution in [0.3, 0.4) is 0 Å². The number of rotatable bonds is 3. The van der Waals surface area contributed by atoms with Crippen molar-refractivity contribution >= 4 is 21.5 Å². The lowest BCUT2D eigenvalue weighted by atomic mass is 9.84. The maximum Gasteiger partial charge on any atom is 0.119 e. The van der Waals surface area contributed by atoms with Gasteiger partial charge < -0.3 is 14.6 Å². The lowest BCUT2D eigenvalue weighted by Gasteiger charge is -2.37. The maximum absolute atomic E-state index is 10.1. The number of methoxy groups -OCH3 is 2. The third-order valence-electron chi connectivity index (χ3n) is 5.73. The van der Waals surface area contributed by atoms with Crippen LogP contribution in [0.4, 0.5) is 0 Å². The van der Waals surface area contributed by atoms with Gasteiger partial charge in [0.1, 0.15) is 11.5 Å². The maximum atomic E-state index is 10.1. The third kappa shape index (κ3) is 3.67. The summed E-state index contributed by atoms with van der Waals surface area (Å²) in [4.78, 5) is 2.57. The van der Waals surface area contributed by atoms with Crippen LogP contribution in [0.15, 0.2) is 36.4 Å². The molecule has 28 heavy (non-hydrogen) atoms. The van der Waals surface area contributed by atoms with Crippen LogP contribution in [0.1, 0.15) is 31.4 Å². The minimum Gasteiger partial charge on any atom is -0.508 e. The van der Waals surface area contributed by atoms with Gasteiger partial charge in [-0.3, -0.25) is 4.90 Å². The normalized spacial score (nSPS) is 16.5. The number of likely N-dealkylation sites (N-methyl/N-ethyl adjacent to an activating group) is 1. The zero-order valence-electron chi connectivity index (χ0n) is 17.6. The number of phenols is 1. The van der Waals surface area contributed by atoms with Crippen LogP contribution < -0.4 is 4.74 Å². The zero-order chi connectivity index (χ0) is 20.3. The lowest BCUT2D eigenvalue weighted by molar-refractivity contribution is 0.178. The smallest absolute Gasteiger partial charge is 0.119 e. The van der Waals surface area contributed by atoms with Crippen LogP contribution >= 0.6 is 0 Å². The summed E-state index contributed by atoms with van der Waals surface area (Å²) < 4.78 is 9.70. The van der Waals surface area contributed by atoms with E-state index >= 15 is 0 Å². The van der Waals surface area contributed by atoms with Gasteiger partial charge in [-0.1, -0.05) is 26.0 Å². The first-order valence-corrected chi connectivity index (χ1v) is 9.96. The Morgan fingerprint density at radius 2 is 1.57 bits per heavy atom. The number of phenolic OH excluding ortho intramolecular Hbond substituents is 1. The van der Waals surface area contributed by atoms with Crippen LogP contribution in [0.5, 0.6) is 11.5 Å². The molecule has 4 nitrogen and oxygen atoms in total. The monoisotopic (exact) mass is 381 g/mol. The predicted octanol–water partition coefficient (Wildman–Crippen LogP) is 5.13. The first-order valence-electron chi connectivity index (χ1n) is 9.96. The van der Waals surface area contributed by atoms with Crippen LogP contribution in [-0.4, -0.2) is 43.9 Å². The van der Waals surface area contributed by atoms with Crippen molar-refractivity contribution in [2.45, 2.75) is 39.3 Å². The van der Waals surface area contributed by atoms with E-state index in [0.29, 0.717) is 11.8 Å². The molecule has 0 bridgehead atoms. The second-order valence-corrected chi connectivity index (χ2v) is 7.34. The van der Waals surface area contributed by atoms with Crippen LogP contribution in [0, 0.1) is 0 Å². The van der Waals surface area contributed by atoms with Crippen molar-refractivity contribution in [3.8, 4) is 11.5 Å². The third-order valence-corrected chi connectivity index (χ3v) is 5.73. The predicted molar refractivity (Wildman–Crippen MR) is 116 cm³/mol. The summed E-state index contributed by atoms with van der Waals surface area (Å²) in [6.45, 7) is 6.57. The van der Waals surface area contributed by atoms with E-state index in [4.69, 9.17) is 4.74 Å². The van der Waals surface area contributed by atoms with Gasteiger partial charge in [0.15, 0.2) is 0 Å². The van der Waals surface area contributed by atoms with Crippen LogP contribution in [0.2, 0.25) is 0 Å². The Morgan fingerprint density at radius 3 is 2.21 bits per heavy atom. The van der Waals surface area contributed by atoms with Gasteiger partial charge in [0.2, 0.25) is 0 Å². The average molecular weight is 382 g/mol. The molecule has 150 valence electrons. The minimum atomic E-state index is 0.311. The Morgan fingerprint density at radius 1 is 0.929 bits per heavy atom. The second kappa shape index (κ2) is 8.80. The molecule has 1 N–H and O–H groups in total. The molecule has 1 atom stereocenters. The number of nitrogens with zero attached hydrogens (tertiary/aromatic N) is 1. The average Bonchev–Trinajstić information content (AvgIpc) is 2.72. The standard InChI is InChI=1S/C22H25NO2.C2H6O/c1-4-14-10-19-17-9-7-16(25-3)12-21(17)20-11-15(24)6-8-18(20)22(19)13-23(14)5-2;1-3-2/h6-9,11-12,14,24H,4-5,10,13H2,1-3H3;1-2H3. The highest BCUT2D eigenvalue weighted by Crippen LogP contribution is 2.40. The van der Waals surface area contributed by atoms with Gasteiger partial charge in [0, 0.05) is 26.8 Å². The lowest BCUT2D eigenvalue weighted by Crippen LogP contribution is -2.39. The van der Waals surface area contributed by atoms with E-state index in [0.717, 1.165) is 30.6 Å². The summed E-state index contributed by atoms with van der Waals surface area (Å²) >= 11 is 0. The topological polar surface area (TPSA) is 41.9 Å². The quantitative estimate of drug-likeness (QED) is 0.639. The van der Waals surface area contributed by atoms with Crippen molar-refractivity contribution in [1.29, 1.82) is 0 Å².